The number of nitrogens with two attached hydrogens (primary N) is 1. The van der Waals surface area contributed by atoms with E-state index in [9.17, 15) is 0 Å². The number of benzene rings is 1. The first kappa shape index (κ1) is 11.6. The summed E-state index contributed by atoms with van der Waals surface area (Å²) in [5.41, 5.74) is 7.17. The number of nitrogens with zero attached hydrogens (tertiary/aromatic N) is 3. The van der Waals surface area contributed by atoms with Gasteiger partial charge in [-0.3, -0.25) is 0 Å². The summed E-state index contributed by atoms with van der Waals surface area (Å²) in [6, 6.07) is 9.51. The van der Waals surface area contributed by atoms with E-state index < -0.39 is 0 Å². The van der Waals surface area contributed by atoms with Gasteiger partial charge in [0.2, 0.25) is 0 Å². The number of hydrogen-bond donors (Lipinski definition) is 1. The van der Waals surface area contributed by atoms with Gasteiger partial charge in [0.05, 0.1) is 5.69 Å². The normalized spacial score (nSPS) is 10.8. The minimum atomic E-state index is 0. The Balaban J connectivity index is 0.00000112. The second kappa shape index (κ2) is 5.43. The SMILES string of the molecule is Cl.NC(=Nc1ccccc1)c1csnn1. The van der Waals surface area contributed by atoms with E-state index in [1.54, 1.807) is 5.38 Å². The summed E-state index contributed by atoms with van der Waals surface area (Å²) in [4.78, 5) is 4.20. The quantitative estimate of drug-likeness (QED) is 0.645. The first-order valence-electron chi connectivity index (χ1n) is 4.03. The number of halogens is 1. The molecule has 0 fully saturated rings. The number of rotatable bonds is 2. The van der Waals surface area contributed by atoms with Gasteiger partial charge in [-0.05, 0) is 23.7 Å². The van der Waals surface area contributed by atoms with Crippen LogP contribution in [0.1, 0.15) is 5.69 Å². The van der Waals surface area contributed by atoms with Crippen LogP contribution in [0.15, 0.2) is 40.7 Å². The first-order chi connectivity index (χ1) is 6.86. The zero-order chi connectivity index (χ0) is 9.80. The summed E-state index contributed by atoms with van der Waals surface area (Å²) in [5.74, 6) is 0.393. The minimum Gasteiger partial charge on any atom is -0.382 e. The minimum absolute atomic E-state index is 0. The van der Waals surface area contributed by atoms with Crippen molar-refractivity contribution in [1.82, 2.24) is 9.59 Å². The topological polar surface area (TPSA) is 64.2 Å². The Morgan fingerprint density at radius 1 is 1.27 bits per heavy atom. The lowest BCUT2D eigenvalue weighted by molar-refractivity contribution is 1.13. The second-order valence-electron chi connectivity index (χ2n) is 2.62. The highest BCUT2D eigenvalue weighted by molar-refractivity contribution is 7.03. The fourth-order valence-corrected chi connectivity index (χ4v) is 1.43. The van der Waals surface area contributed by atoms with E-state index in [0.29, 0.717) is 11.5 Å². The number of aliphatic imine (C=N–C) groups is 1. The van der Waals surface area contributed by atoms with E-state index >= 15 is 0 Å². The Bertz CT molecular complexity index is 427. The number of aromatic nitrogens is 2. The lowest BCUT2D eigenvalue weighted by atomic mass is 10.3. The van der Waals surface area contributed by atoms with Crippen LogP contribution >= 0.6 is 23.9 Å². The molecule has 0 atom stereocenters. The maximum atomic E-state index is 5.73. The van der Waals surface area contributed by atoms with Crippen LogP contribution in [0.2, 0.25) is 0 Å². The van der Waals surface area contributed by atoms with Gasteiger partial charge < -0.3 is 5.73 Å². The maximum absolute atomic E-state index is 5.73. The zero-order valence-electron chi connectivity index (χ0n) is 7.70. The average Bonchev–Trinajstić information content (AvgIpc) is 2.72. The molecule has 1 aromatic carbocycles. The molecule has 0 saturated heterocycles. The molecule has 0 aliphatic heterocycles. The molecular weight excluding hydrogens is 232 g/mol. The van der Waals surface area contributed by atoms with E-state index in [1.807, 2.05) is 30.3 Å². The third kappa shape index (κ3) is 3.00. The van der Waals surface area contributed by atoms with E-state index in [4.69, 9.17) is 5.73 Å². The Morgan fingerprint density at radius 2 is 2.00 bits per heavy atom. The van der Waals surface area contributed by atoms with Crippen molar-refractivity contribution in [2.75, 3.05) is 0 Å². The Labute approximate surface area is 97.4 Å². The van der Waals surface area contributed by atoms with E-state index in [-0.39, 0.29) is 12.4 Å². The molecule has 0 amide bonds. The molecule has 78 valence electrons. The van der Waals surface area contributed by atoms with Crippen molar-refractivity contribution in [2.45, 2.75) is 0 Å². The summed E-state index contributed by atoms with van der Waals surface area (Å²) >= 11 is 1.26. The summed E-state index contributed by atoms with van der Waals surface area (Å²) in [7, 11) is 0. The van der Waals surface area contributed by atoms with Crippen LogP contribution in [-0.2, 0) is 0 Å². The van der Waals surface area contributed by atoms with Crippen LogP contribution in [-0.4, -0.2) is 15.4 Å². The van der Waals surface area contributed by atoms with Gasteiger partial charge >= 0.3 is 0 Å². The van der Waals surface area contributed by atoms with Crippen molar-refractivity contribution >= 4 is 35.5 Å². The molecule has 2 aromatic rings. The first-order valence-corrected chi connectivity index (χ1v) is 4.86. The third-order valence-electron chi connectivity index (χ3n) is 1.63. The summed E-state index contributed by atoms with van der Waals surface area (Å²) in [5, 5.41) is 5.59. The Morgan fingerprint density at radius 3 is 2.60 bits per heavy atom. The summed E-state index contributed by atoms with van der Waals surface area (Å²) in [6.45, 7) is 0. The second-order valence-corrected chi connectivity index (χ2v) is 3.23. The van der Waals surface area contributed by atoms with Gasteiger partial charge in [0, 0.05) is 5.38 Å². The lowest BCUT2D eigenvalue weighted by Gasteiger charge is -1.95. The van der Waals surface area contributed by atoms with Crippen LogP contribution < -0.4 is 5.73 Å². The maximum Gasteiger partial charge on any atom is 0.152 e. The molecule has 0 aliphatic rings. The van der Waals surface area contributed by atoms with Gasteiger partial charge in [0.15, 0.2) is 5.84 Å². The molecule has 0 saturated carbocycles. The van der Waals surface area contributed by atoms with E-state index in [0.717, 1.165) is 5.69 Å². The van der Waals surface area contributed by atoms with Crippen molar-refractivity contribution in [3.63, 3.8) is 0 Å². The van der Waals surface area contributed by atoms with Crippen molar-refractivity contribution < 1.29 is 0 Å². The summed E-state index contributed by atoms with van der Waals surface area (Å²) < 4.78 is 3.72. The largest absolute Gasteiger partial charge is 0.382 e. The van der Waals surface area contributed by atoms with Gasteiger partial charge in [-0.25, -0.2) is 4.99 Å². The molecule has 1 aromatic heterocycles. The Hall–Kier alpha value is -1.46. The van der Waals surface area contributed by atoms with E-state index in [1.165, 1.54) is 11.5 Å². The average molecular weight is 241 g/mol. The molecule has 0 unspecified atom stereocenters. The predicted octanol–water partition coefficient (Wildman–Crippen LogP) is 2.00. The molecule has 15 heavy (non-hydrogen) atoms. The van der Waals surface area contributed by atoms with Gasteiger partial charge in [-0.2, -0.15) is 0 Å². The van der Waals surface area contributed by atoms with Crippen molar-refractivity contribution in [2.24, 2.45) is 10.7 Å². The molecule has 0 radical (unpaired) electrons. The van der Waals surface area contributed by atoms with Gasteiger partial charge in [0.1, 0.15) is 5.69 Å². The predicted molar refractivity (Wildman–Crippen MR) is 64.0 cm³/mol. The Kier molecular flexibility index (Phi) is 4.20. The molecule has 6 heteroatoms. The molecule has 0 spiro atoms. The highest BCUT2D eigenvalue weighted by atomic mass is 35.5. The van der Waals surface area contributed by atoms with Crippen LogP contribution in [0.25, 0.3) is 0 Å². The molecular formula is C9H9ClN4S. The van der Waals surface area contributed by atoms with Crippen LogP contribution in [0.5, 0.6) is 0 Å². The highest BCUT2D eigenvalue weighted by Gasteiger charge is 2.00. The number of hydrogen-bond acceptors (Lipinski definition) is 4. The molecule has 0 bridgehead atoms. The fourth-order valence-electron chi connectivity index (χ4n) is 0.975. The van der Waals surface area contributed by atoms with Gasteiger partial charge in [-0.1, -0.05) is 22.7 Å². The molecule has 2 N–H and O–H groups in total. The summed E-state index contributed by atoms with van der Waals surface area (Å²) in [6.07, 6.45) is 0. The monoisotopic (exact) mass is 240 g/mol. The molecule has 0 aliphatic carbocycles. The standard InChI is InChI=1S/C9H8N4S.ClH/c10-9(8-6-14-13-12-8)11-7-4-2-1-3-5-7;/h1-6H,(H2,10,11);1H. The fraction of sp³-hybridized carbons (Fsp3) is 0. The third-order valence-corrected chi connectivity index (χ3v) is 2.13. The molecule has 2 rings (SSSR count). The zero-order valence-corrected chi connectivity index (χ0v) is 9.33. The van der Waals surface area contributed by atoms with Crippen molar-refractivity contribution in [3.05, 3.63) is 41.4 Å². The van der Waals surface area contributed by atoms with Crippen LogP contribution in [0, 0.1) is 0 Å². The van der Waals surface area contributed by atoms with Gasteiger partial charge in [-0.15, -0.1) is 17.5 Å². The lowest BCUT2D eigenvalue weighted by Crippen LogP contribution is -2.13. The van der Waals surface area contributed by atoms with Crippen molar-refractivity contribution in [1.29, 1.82) is 0 Å². The van der Waals surface area contributed by atoms with Crippen LogP contribution in [0.4, 0.5) is 5.69 Å². The van der Waals surface area contributed by atoms with E-state index in [2.05, 4.69) is 14.6 Å². The van der Waals surface area contributed by atoms with Crippen molar-refractivity contribution in [3.8, 4) is 0 Å². The van der Waals surface area contributed by atoms with Gasteiger partial charge in [0.25, 0.3) is 0 Å². The van der Waals surface area contributed by atoms with Crippen LogP contribution in [0.3, 0.4) is 0 Å². The number of amidine groups is 1. The number of para-hydroxylation sites is 1. The molecule has 1 heterocycles. The smallest absolute Gasteiger partial charge is 0.152 e. The molecule has 4 nitrogen and oxygen atoms in total. The highest BCUT2D eigenvalue weighted by Crippen LogP contribution is 2.10.